The molecule has 0 atom stereocenters. The largest absolute Gasteiger partial charge is 0.452 e. The van der Waals surface area contributed by atoms with Crippen molar-refractivity contribution in [2.75, 3.05) is 18.1 Å². The highest BCUT2D eigenvalue weighted by atomic mass is 16.6. The van der Waals surface area contributed by atoms with Crippen molar-refractivity contribution in [1.82, 2.24) is 0 Å². The number of amides is 1. The normalized spacial score (nSPS) is 9.85. The van der Waals surface area contributed by atoms with E-state index in [1.54, 1.807) is 30.3 Å². The molecular formula is C18H15N3O5. The molecule has 0 unspecified atom stereocenters. The predicted molar refractivity (Wildman–Crippen MR) is 92.5 cm³/mol. The van der Waals surface area contributed by atoms with Crippen molar-refractivity contribution in [2.24, 2.45) is 0 Å². The summed E-state index contributed by atoms with van der Waals surface area (Å²) in [4.78, 5) is 36.2. The van der Waals surface area contributed by atoms with Crippen molar-refractivity contribution in [1.29, 1.82) is 5.26 Å². The fraction of sp³-hybridized carbons (Fsp3) is 0.167. The summed E-state index contributed by atoms with van der Waals surface area (Å²) in [5.74, 6) is -1.57. The van der Waals surface area contributed by atoms with Crippen molar-refractivity contribution >= 4 is 23.3 Å². The number of ether oxygens (including phenoxy) is 1. The number of carbonyl (C=O) groups excluding carboxylic acids is 2. The molecule has 1 amide bonds. The van der Waals surface area contributed by atoms with Gasteiger partial charge < -0.3 is 4.74 Å². The first-order chi connectivity index (χ1) is 12.5. The second-order valence-electron chi connectivity index (χ2n) is 5.28. The van der Waals surface area contributed by atoms with Gasteiger partial charge in [-0.25, -0.2) is 4.79 Å². The van der Waals surface area contributed by atoms with E-state index >= 15 is 0 Å². The Balaban J connectivity index is 2.15. The number of aryl methyl sites for hydroxylation is 1. The molecule has 0 saturated carbocycles. The minimum absolute atomic E-state index is 0.197. The highest BCUT2D eigenvalue weighted by Crippen LogP contribution is 2.23. The zero-order valence-corrected chi connectivity index (χ0v) is 13.9. The number of esters is 1. The van der Waals surface area contributed by atoms with E-state index in [2.05, 4.69) is 0 Å². The number of nitrogens with zero attached hydrogens (tertiary/aromatic N) is 3. The van der Waals surface area contributed by atoms with Crippen LogP contribution in [0.5, 0.6) is 0 Å². The Morgan fingerprint density at radius 1 is 1.19 bits per heavy atom. The van der Waals surface area contributed by atoms with Gasteiger partial charge in [0, 0.05) is 11.8 Å². The summed E-state index contributed by atoms with van der Waals surface area (Å²) in [5.41, 5.74) is 0.266. The maximum atomic E-state index is 12.3. The fourth-order valence-electron chi connectivity index (χ4n) is 2.35. The molecule has 26 heavy (non-hydrogen) atoms. The predicted octanol–water partition coefficient (Wildman–Crippen LogP) is 2.62. The number of hydrogen-bond acceptors (Lipinski definition) is 6. The van der Waals surface area contributed by atoms with Gasteiger partial charge in [-0.2, -0.15) is 5.26 Å². The zero-order valence-electron chi connectivity index (χ0n) is 13.9. The zero-order chi connectivity index (χ0) is 19.1. The number of hydrogen-bond donors (Lipinski definition) is 0. The van der Waals surface area contributed by atoms with Gasteiger partial charge >= 0.3 is 5.97 Å². The molecule has 8 heteroatoms. The number of nitro benzene ring substituents is 1. The molecule has 0 heterocycles. The molecule has 2 aromatic rings. The summed E-state index contributed by atoms with van der Waals surface area (Å²) in [7, 11) is 0. The van der Waals surface area contributed by atoms with E-state index in [1.807, 2.05) is 6.07 Å². The quantitative estimate of drug-likeness (QED) is 0.341. The topological polar surface area (TPSA) is 114 Å². The SMILES string of the molecule is Cc1cccc([N+](=O)[O-])c1C(=O)OCC(=O)N(CC#N)c1ccccc1. The Morgan fingerprint density at radius 2 is 1.88 bits per heavy atom. The summed E-state index contributed by atoms with van der Waals surface area (Å²) in [6.45, 7) is 0.684. The molecule has 2 aromatic carbocycles. The van der Waals surface area contributed by atoms with E-state index in [0.29, 0.717) is 11.3 Å². The molecular weight excluding hydrogens is 338 g/mol. The third kappa shape index (κ3) is 4.21. The van der Waals surface area contributed by atoms with Crippen LogP contribution in [0.1, 0.15) is 15.9 Å². The average molecular weight is 353 g/mol. The minimum Gasteiger partial charge on any atom is -0.452 e. The monoisotopic (exact) mass is 353 g/mol. The minimum atomic E-state index is -0.965. The van der Waals surface area contributed by atoms with Gasteiger partial charge in [0.05, 0.1) is 11.0 Å². The third-order valence-electron chi connectivity index (χ3n) is 3.58. The molecule has 0 fully saturated rings. The standard InChI is InChI=1S/C18H15N3O5/c1-13-6-5-9-15(21(24)25)17(13)18(23)26-12-16(22)20(11-10-19)14-7-3-2-4-8-14/h2-9H,11-12H2,1H3. The molecule has 0 aromatic heterocycles. The van der Waals surface area contributed by atoms with Crippen molar-refractivity contribution in [3.8, 4) is 6.07 Å². The van der Waals surface area contributed by atoms with E-state index in [0.717, 1.165) is 0 Å². The van der Waals surface area contributed by atoms with E-state index in [4.69, 9.17) is 10.00 Å². The van der Waals surface area contributed by atoms with Crippen LogP contribution in [0.2, 0.25) is 0 Å². The van der Waals surface area contributed by atoms with Crippen LogP contribution in [0.4, 0.5) is 11.4 Å². The molecule has 2 rings (SSSR count). The third-order valence-corrected chi connectivity index (χ3v) is 3.58. The molecule has 0 aliphatic heterocycles. The van der Waals surface area contributed by atoms with E-state index in [9.17, 15) is 19.7 Å². The Hall–Kier alpha value is -3.73. The van der Waals surface area contributed by atoms with Crippen LogP contribution >= 0.6 is 0 Å². The first-order valence-corrected chi connectivity index (χ1v) is 7.59. The van der Waals surface area contributed by atoms with Crippen LogP contribution in [0.25, 0.3) is 0 Å². The number of rotatable bonds is 6. The summed E-state index contributed by atoms with van der Waals surface area (Å²) in [6.07, 6.45) is 0. The van der Waals surface area contributed by atoms with Gasteiger partial charge in [-0.15, -0.1) is 0 Å². The van der Waals surface area contributed by atoms with Crippen molar-refractivity contribution < 1.29 is 19.2 Å². The lowest BCUT2D eigenvalue weighted by Gasteiger charge is -2.19. The van der Waals surface area contributed by atoms with Crippen LogP contribution < -0.4 is 4.90 Å². The van der Waals surface area contributed by atoms with Gasteiger partial charge in [-0.1, -0.05) is 30.3 Å². The number of nitriles is 1. The van der Waals surface area contributed by atoms with Crippen LogP contribution in [0.3, 0.4) is 0 Å². The van der Waals surface area contributed by atoms with Crippen LogP contribution in [-0.4, -0.2) is 30.0 Å². The first kappa shape index (κ1) is 18.6. The van der Waals surface area contributed by atoms with E-state index in [-0.39, 0.29) is 17.8 Å². The lowest BCUT2D eigenvalue weighted by atomic mass is 10.1. The Kier molecular flexibility index (Phi) is 6.01. The van der Waals surface area contributed by atoms with Gasteiger partial charge in [0.1, 0.15) is 12.1 Å². The Morgan fingerprint density at radius 3 is 2.50 bits per heavy atom. The number of carbonyl (C=O) groups is 2. The smallest absolute Gasteiger partial charge is 0.345 e. The summed E-state index contributed by atoms with van der Waals surface area (Å²) in [5, 5.41) is 20.0. The molecule has 8 nitrogen and oxygen atoms in total. The molecule has 0 N–H and O–H groups in total. The highest BCUT2D eigenvalue weighted by molar-refractivity contribution is 5.99. The maximum Gasteiger partial charge on any atom is 0.345 e. The first-order valence-electron chi connectivity index (χ1n) is 7.59. The van der Waals surface area contributed by atoms with Gasteiger partial charge in [-0.3, -0.25) is 19.8 Å². The molecule has 0 saturated heterocycles. The van der Waals surface area contributed by atoms with Gasteiger partial charge in [0.2, 0.25) is 0 Å². The van der Waals surface area contributed by atoms with Crippen molar-refractivity contribution in [3.05, 3.63) is 69.8 Å². The van der Waals surface area contributed by atoms with Crippen molar-refractivity contribution in [2.45, 2.75) is 6.92 Å². The molecule has 0 aliphatic rings. The Bertz CT molecular complexity index is 874. The summed E-state index contributed by atoms with van der Waals surface area (Å²) >= 11 is 0. The second-order valence-corrected chi connectivity index (χ2v) is 5.28. The molecule has 0 bridgehead atoms. The van der Waals surface area contributed by atoms with E-state index < -0.39 is 23.4 Å². The molecule has 0 radical (unpaired) electrons. The average Bonchev–Trinajstić information content (AvgIpc) is 2.64. The second kappa shape index (κ2) is 8.39. The molecule has 0 spiro atoms. The van der Waals surface area contributed by atoms with Crippen molar-refractivity contribution in [3.63, 3.8) is 0 Å². The summed E-state index contributed by atoms with van der Waals surface area (Å²) < 4.78 is 4.97. The number of anilines is 1. The van der Waals surface area contributed by atoms with Crippen LogP contribution in [0.15, 0.2) is 48.5 Å². The fourth-order valence-corrected chi connectivity index (χ4v) is 2.35. The Labute approximate surface area is 149 Å². The number of nitro groups is 1. The van der Waals surface area contributed by atoms with E-state index in [1.165, 1.54) is 30.0 Å². The maximum absolute atomic E-state index is 12.3. The lowest BCUT2D eigenvalue weighted by molar-refractivity contribution is -0.385. The van der Waals surface area contributed by atoms with Gasteiger partial charge in [-0.05, 0) is 24.6 Å². The molecule has 0 aliphatic carbocycles. The van der Waals surface area contributed by atoms with Gasteiger partial charge in [0.15, 0.2) is 6.61 Å². The molecule has 132 valence electrons. The highest BCUT2D eigenvalue weighted by Gasteiger charge is 2.25. The number of benzene rings is 2. The number of para-hydroxylation sites is 1. The lowest BCUT2D eigenvalue weighted by Crippen LogP contribution is -2.35. The van der Waals surface area contributed by atoms with Gasteiger partial charge in [0.25, 0.3) is 11.6 Å². The summed E-state index contributed by atoms with van der Waals surface area (Å²) in [6, 6.07) is 14.5. The van der Waals surface area contributed by atoms with Crippen LogP contribution in [0, 0.1) is 28.4 Å². The van der Waals surface area contributed by atoms with Crippen LogP contribution in [-0.2, 0) is 9.53 Å².